The Morgan fingerprint density at radius 2 is 1.16 bits per heavy atom. The first-order valence-electron chi connectivity index (χ1n) is 18.5. The smallest absolute Gasteiger partial charge is 0.506 e. The van der Waals surface area contributed by atoms with E-state index in [0.29, 0.717) is 23.3 Å². The Bertz CT molecular complexity index is 2110. The molecule has 4 aromatic carbocycles. The molecule has 0 spiro atoms. The van der Waals surface area contributed by atoms with Crippen LogP contribution in [0.15, 0.2) is 127 Å². The van der Waals surface area contributed by atoms with E-state index in [9.17, 15) is 5.11 Å². The van der Waals surface area contributed by atoms with Gasteiger partial charge >= 0.3 is 29.6 Å². The van der Waals surface area contributed by atoms with Crippen molar-refractivity contribution in [3.8, 4) is 39.8 Å². The minimum Gasteiger partial charge on any atom is -0.506 e. The largest absolute Gasteiger partial charge is 1.00 e. The van der Waals surface area contributed by atoms with Gasteiger partial charge in [0.2, 0.25) is 11.8 Å². The molecular weight excluding hydrogens is 786 g/mol. The maximum atomic E-state index is 10.6. The van der Waals surface area contributed by atoms with E-state index in [2.05, 4.69) is 31.9 Å². The average Bonchev–Trinajstić information content (AvgIpc) is 3.87. The van der Waals surface area contributed by atoms with E-state index in [1.807, 2.05) is 111 Å². The molecule has 14 heteroatoms. The number of nitrogens with zero attached hydrogens (tertiary/aromatic N) is 5. The minimum atomic E-state index is 0. The zero-order valence-electron chi connectivity index (χ0n) is 32.6. The van der Waals surface area contributed by atoms with Gasteiger partial charge in [-0.2, -0.15) is 0 Å². The van der Waals surface area contributed by atoms with Crippen LogP contribution in [0.25, 0.3) is 22.3 Å². The summed E-state index contributed by atoms with van der Waals surface area (Å²) in [7, 11) is 0. The van der Waals surface area contributed by atoms with E-state index in [0.717, 1.165) is 93.3 Å². The number of nitrogen functional groups attached to an aromatic ring is 1. The molecular formula is C44H43Cl2N6NaO5. The molecule has 0 amide bonds. The Balaban J connectivity index is 0.000000204. The molecule has 3 N–H and O–H groups in total. The van der Waals surface area contributed by atoms with E-state index in [1.165, 1.54) is 0 Å². The number of benzene rings is 4. The number of aryl methyl sites for hydroxylation is 2. The molecule has 0 radical (unpaired) electrons. The van der Waals surface area contributed by atoms with Gasteiger partial charge in [-0.05, 0) is 72.5 Å². The number of aromatic hydroxyl groups is 1. The fraction of sp³-hybridized carbons (Fsp3) is 0.227. The van der Waals surface area contributed by atoms with Crippen molar-refractivity contribution in [2.45, 2.75) is 38.9 Å². The fourth-order valence-corrected chi connectivity index (χ4v) is 7.32. The Hall–Kier alpha value is -5.04. The number of pyridine rings is 2. The molecule has 2 saturated heterocycles. The van der Waals surface area contributed by atoms with E-state index in [4.69, 9.17) is 48.5 Å². The summed E-state index contributed by atoms with van der Waals surface area (Å²) in [5.41, 5.74) is 15.0. The summed E-state index contributed by atoms with van der Waals surface area (Å²) >= 11 is 12.6. The number of aromatic nitrogens is 2. The molecule has 6 aromatic rings. The van der Waals surface area contributed by atoms with Crippen LogP contribution in [0.5, 0.6) is 17.5 Å². The van der Waals surface area contributed by atoms with Crippen molar-refractivity contribution in [3.05, 3.63) is 153 Å². The Kier molecular flexibility index (Phi) is 16.0. The fourth-order valence-electron chi connectivity index (χ4n) is 6.83. The Morgan fingerprint density at radius 1 is 0.707 bits per heavy atom. The molecule has 2 fully saturated rings. The van der Waals surface area contributed by atoms with Crippen LogP contribution >= 0.6 is 23.2 Å². The second-order valence-electron chi connectivity index (χ2n) is 13.8. The van der Waals surface area contributed by atoms with Crippen LogP contribution in [0.4, 0.5) is 17.1 Å². The summed E-state index contributed by atoms with van der Waals surface area (Å²) < 4.78 is 12.0. The van der Waals surface area contributed by atoms with Crippen LogP contribution in [0.2, 0.25) is 10.0 Å². The molecule has 11 nitrogen and oxygen atoms in total. The van der Waals surface area contributed by atoms with Crippen LogP contribution < -0.4 is 54.6 Å². The molecule has 2 atom stereocenters. The topological polar surface area (TPSA) is 149 Å². The third-order valence-electron chi connectivity index (χ3n) is 9.69. The summed E-state index contributed by atoms with van der Waals surface area (Å²) in [4.78, 5) is 21.1. The van der Waals surface area contributed by atoms with Gasteiger partial charge in [-0.3, -0.25) is 0 Å². The first-order chi connectivity index (χ1) is 27.6. The van der Waals surface area contributed by atoms with Crippen LogP contribution in [0.1, 0.15) is 24.0 Å². The number of phenols is 1. The van der Waals surface area contributed by atoms with Gasteiger partial charge in [0.15, 0.2) is 0 Å². The summed E-state index contributed by atoms with van der Waals surface area (Å²) in [6, 6.07) is 35.1. The monoisotopic (exact) mass is 828 g/mol. The molecule has 2 aliphatic heterocycles. The Morgan fingerprint density at radius 3 is 1.59 bits per heavy atom. The van der Waals surface area contributed by atoms with E-state index in [1.54, 1.807) is 12.3 Å². The van der Waals surface area contributed by atoms with Crippen molar-refractivity contribution >= 4 is 40.3 Å². The molecule has 8 rings (SSSR count). The number of anilines is 3. The van der Waals surface area contributed by atoms with Gasteiger partial charge in [0.25, 0.3) is 0 Å². The van der Waals surface area contributed by atoms with Crippen LogP contribution in [0.3, 0.4) is 0 Å². The second kappa shape index (κ2) is 21.1. The predicted molar refractivity (Wildman–Crippen MR) is 229 cm³/mol. The zero-order valence-corrected chi connectivity index (χ0v) is 36.1. The summed E-state index contributed by atoms with van der Waals surface area (Å²) in [6.07, 6.45) is 5.64. The maximum Gasteiger partial charge on any atom is 1.00 e. The number of nitrogens with two attached hydrogens (primary N) is 1. The summed E-state index contributed by atoms with van der Waals surface area (Å²) in [5.74, 6) is 1.57. The number of hydrogen-bond acceptors (Lipinski definition) is 11. The van der Waals surface area contributed by atoms with Crippen molar-refractivity contribution in [1.29, 1.82) is 0 Å². The van der Waals surface area contributed by atoms with Crippen molar-refractivity contribution < 1.29 is 44.1 Å². The van der Waals surface area contributed by atoms with Gasteiger partial charge in [-0.1, -0.05) is 83.9 Å². The molecule has 294 valence electrons. The number of halogens is 2. The second-order valence-corrected chi connectivity index (χ2v) is 14.6. The third kappa shape index (κ3) is 11.5. The molecule has 0 bridgehead atoms. The molecule has 2 aliphatic rings. The third-order valence-corrected chi connectivity index (χ3v) is 10.3. The van der Waals surface area contributed by atoms with Gasteiger partial charge in [0.1, 0.15) is 18.0 Å². The van der Waals surface area contributed by atoms with Crippen molar-refractivity contribution in [3.63, 3.8) is 0 Å². The van der Waals surface area contributed by atoms with E-state index >= 15 is 0 Å². The zero-order chi connectivity index (χ0) is 40.3. The summed E-state index contributed by atoms with van der Waals surface area (Å²) in [6.45, 7) is 7.27. The van der Waals surface area contributed by atoms with Gasteiger partial charge in [-0.25, -0.2) is 9.97 Å². The molecule has 4 heterocycles. The van der Waals surface area contributed by atoms with Gasteiger partial charge in [-0.15, -0.1) is 5.34 Å². The first kappa shape index (κ1) is 44.1. The minimum absolute atomic E-state index is 0. The van der Waals surface area contributed by atoms with Crippen molar-refractivity contribution in [2.24, 2.45) is 5.34 Å². The summed E-state index contributed by atoms with van der Waals surface area (Å²) in [5, 5.41) is 21.0. The van der Waals surface area contributed by atoms with Crippen LogP contribution in [-0.4, -0.2) is 53.5 Å². The van der Waals surface area contributed by atoms with E-state index < -0.39 is 0 Å². The van der Waals surface area contributed by atoms with Crippen molar-refractivity contribution in [2.75, 3.05) is 41.7 Å². The molecule has 0 saturated carbocycles. The SMILES string of the molecule is Cc1ccc(O[C@@H]2CCN(c3ccc(-c4ccccc4Cl)cc3N)C2)nc1.Cc1ccc(O[C@@H]2CCN(c3ccc(-c4ccccc4Cl)cc3O)C2)nc1.O=N[O-].[Na+]. The van der Waals surface area contributed by atoms with Crippen molar-refractivity contribution in [1.82, 2.24) is 9.97 Å². The quantitative estimate of drug-likeness (QED) is 0.0694. The molecule has 0 aliphatic carbocycles. The number of phenolic OH excluding ortho intramolecular Hbond substituents is 1. The standard InChI is InChI=1S/C22H22ClN3O.C22H21ClN2O2.HNO2.Na/c1-15-6-9-22(25-13-15)27-17-10-11-26(14-17)21-8-7-16(12-20(21)24)18-4-2-3-5-19(18)23;1-15-6-9-22(24-13-15)27-17-10-11-25(14-17)20-8-7-16(12-21(20)26)18-4-2-3-5-19(18)23;2-1-3;/h2-9,12-13,17H,10-11,14,24H2,1H3;2-9,12-13,17,26H,10-11,14H2,1H3;(H,2,3);/q;;;+1/p-1/t2*17-;;/m11../s1. The predicted octanol–water partition coefficient (Wildman–Crippen LogP) is 7.28. The first-order valence-corrected chi connectivity index (χ1v) is 19.2. The number of ether oxygens (including phenoxy) is 2. The maximum absolute atomic E-state index is 10.6. The molecule has 0 unspecified atom stereocenters. The molecule has 58 heavy (non-hydrogen) atoms. The van der Waals surface area contributed by atoms with Gasteiger partial charge in [0, 0.05) is 71.6 Å². The Labute approximate surface area is 370 Å². The van der Waals surface area contributed by atoms with E-state index in [-0.39, 0.29) is 47.5 Å². The average molecular weight is 830 g/mol. The number of hydrogen-bond donors (Lipinski definition) is 2. The molecule has 2 aromatic heterocycles. The van der Waals surface area contributed by atoms with Crippen LogP contribution in [0, 0.1) is 24.0 Å². The van der Waals surface area contributed by atoms with Crippen LogP contribution in [-0.2, 0) is 0 Å². The number of rotatable bonds is 8. The van der Waals surface area contributed by atoms with Gasteiger partial charge in [0.05, 0.1) is 30.2 Å². The normalized spacial score (nSPS) is 15.6. The van der Waals surface area contributed by atoms with Gasteiger partial charge < -0.3 is 40.2 Å².